The summed E-state index contributed by atoms with van der Waals surface area (Å²) in [6.07, 6.45) is 2.41. The number of benzene rings is 1. The van der Waals surface area contributed by atoms with E-state index in [1.165, 1.54) is 6.07 Å². The molecule has 1 aromatic carbocycles. The summed E-state index contributed by atoms with van der Waals surface area (Å²) < 4.78 is 14.0. The second-order valence-electron chi connectivity index (χ2n) is 4.52. The van der Waals surface area contributed by atoms with Gasteiger partial charge in [-0.25, -0.2) is 4.39 Å². The predicted molar refractivity (Wildman–Crippen MR) is 77.9 cm³/mol. The topological polar surface area (TPSA) is 23.5 Å². The Bertz CT molecular complexity index is 384. The van der Waals surface area contributed by atoms with E-state index in [4.69, 9.17) is 0 Å². The Hall–Kier alpha value is -0.740. The van der Waals surface area contributed by atoms with Gasteiger partial charge in [0.25, 0.3) is 0 Å². The maximum atomic E-state index is 14.0. The summed E-state index contributed by atoms with van der Waals surface area (Å²) in [5.41, 5.74) is 1.21. The molecular formula is C14H22FNOS. The van der Waals surface area contributed by atoms with Crippen LogP contribution in [0.25, 0.3) is 0 Å². The number of aliphatic hydroxyl groups excluding tert-OH is 1. The Balaban J connectivity index is 2.95. The predicted octanol–water partition coefficient (Wildman–Crippen LogP) is 3.46. The second kappa shape index (κ2) is 7.00. The van der Waals surface area contributed by atoms with Gasteiger partial charge in [-0.1, -0.05) is 13.0 Å². The minimum absolute atomic E-state index is 0.268. The van der Waals surface area contributed by atoms with E-state index >= 15 is 0 Å². The zero-order valence-corrected chi connectivity index (χ0v) is 12.3. The molecule has 1 aromatic rings. The molecule has 18 heavy (non-hydrogen) atoms. The van der Waals surface area contributed by atoms with Crippen LogP contribution in [0.4, 0.5) is 10.1 Å². The van der Waals surface area contributed by atoms with E-state index in [1.807, 2.05) is 11.9 Å². The SMILES string of the molecule is CCC(CSC)N(C)c1ccc([C@H](C)O)cc1F. The van der Waals surface area contributed by atoms with Crippen LogP contribution in [0, 0.1) is 5.82 Å². The summed E-state index contributed by atoms with van der Waals surface area (Å²) in [5.74, 6) is 0.709. The van der Waals surface area contributed by atoms with Gasteiger partial charge in [-0.3, -0.25) is 0 Å². The molecule has 0 amide bonds. The van der Waals surface area contributed by atoms with Crippen molar-refractivity contribution in [2.24, 2.45) is 0 Å². The molecule has 2 atom stereocenters. The zero-order valence-electron chi connectivity index (χ0n) is 11.5. The molecule has 0 aliphatic rings. The molecule has 0 radical (unpaired) electrons. The number of anilines is 1. The van der Waals surface area contributed by atoms with E-state index < -0.39 is 6.10 Å². The zero-order chi connectivity index (χ0) is 13.7. The molecule has 4 heteroatoms. The Kier molecular flexibility index (Phi) is 5.96. The van der Waals surface area contributed by atoms with Crippen molar-refractivity contribution in [3.05, 3.63) is 29.6 Å². The van der Waals surface area contributed by atoms with Gasteiger partial charge in [0, 0.05) is 18.8 Å². The normalized spacial score (nSPS) is 14.3. The van der Waals surface area contributed by atoms with Crippen molar-refractivity contribution in [1.29, 1.82) is 0 Å². The molecule has 0 saturated heterocycles. The van der Waals surface area contributed by atoms with E-state index in [2.05, 4.69) is 13.2 Å². The lowest BCUT2D eigenvalue weighted by Crippen LogP contribution is -2.33. The van der Waals surface area contributed by atoms with Crippen molar-refractivity contribution in [2.75, 3.05) is 24.0 Å². The van der Waals surface area contributed by atoms with E-state index in [0.29, 0.717) is 17.3 Å². The lowest BCUT2D eigenvalue weighted by Gasteiger charge is -2.29. The van der Waals surface area contributed by atoms with Gasteiger partial charge in [0.15, 0.2) is 0 Å². The van der Waals surface area contributed by atoms with Crippen LogP contribution >= 0.6 is 11.8 Å². The van der Waals surface area contributed by atoms with Gasteiger partial charge in [-0.05, 0) is 37.3 Å². The number of rotatable bonds is 6. The molecule has 0 aliphatic carbocycles. The first-order chi connectivity index (χ1) is 8.51. The van der Waals surface area contributed by atoms with E-state index in [9.17, 15) is 9.50 Å². The first-order valence-electron chi connectivity index (χ1n) is 6.20. The highest BCUT2D eigenvalue weighted by molar-refractivity contribution is 7.98. The molecule has 1 N–H and O–H groups in total. The molecule has 2 nitrogen and oxygen atoms in total. The molecule has 102 valence electrons. The average molecular weight is 271 g/mol. The van der Waals surface area contributed by atoms with Crippen LogP contribution in [0.3, 0.4) is 0 Å². The van der Waals surface area contributed by atoms with Gasteiger partial charge in [0.1, 0.15) is 5.82 Å². The van der Waals surface area contributed by atoms with Crippen molar-refractivity contribution in [3.8, 4) is 0 Å². The van der Waals surface area contributed by atoms with Crippen LogP contribution in [0.2, 0.25) is 0 Å². The molecule has 0 bridgehead atoms. The third kappa shape index (κ3) is 3.62. The molecule has 1 unspecified atom stereocenters. The standard InChI is InChI=1S/C14H22FNOS/c1-5-12(9-18-4)16(3)14-7-6-11(10(2)17)8-13(14)15/h6-8,10,12,17H,5,9H2,1-4H3/t10-,12?/m0/s1. The van der Waals surface area contributed by atoms with Gasteiger partial charge in [-0.15, -0.1) is 0 Å². The van der Waals surface area contributed by atoms with Gasteiger partial charge < -0.3 is 10.0 Å². The van der Waals surface area contributed by atoms with Crippen LogP contribution in [-0.2, 0) is 0 Å². The van der Waals surface area contributed by atoms with Gasteiger partial charge >= 0.3 is 0 Å². The average Bonchev–Trinajstić information content (AvgIpc) is 2.34. The summed E-state index contributed by atoms with van der Waals surface area (Å²) in [7, 11) is 1.92. The fourth-order valence-corrected chi connectivity index (χ4v) is 2.81. The number of nitrogens with zero attached hydrogens (tertiary/aromatic N) is 1. The Labute approximate surface area is 113 Å². The third-order valence-corrected chi connectivity index (χ3v) is 3.93. The molecule has 0 aliphatic heterocycles. The van der Waals surface area contributed by atoms with Gasteiger partial charge in [-0.2, -0.15) is 11.8 Å². The van der Waals surface area contributed by atoms with Crippen LogP contribution in [-0.4, -0.2) is 30.2 Å². The molecule has 0 aromatic heterocycles. The van der Waals surface area contributed by atoms with Crippen LogP contribution in [0.15, 0.2) is 18.2 Å². The maximum Gasteiger partial charge on any atom is 0.146 e. The van der Waals surface area contributed by atoms with Crippen LogP contribution in [0.5, 0.6) is 0 Å². The highest BCUT2D eigenvalue weighted by Gasteiger charge is 2.16. The van der Waals surface area contributed by atoms with Crippen LogP contribution in [0.1, 0.15) is 31.9 Å². The number of halogens is 1. The maximum absolute atomic E-state index is 14.0. The lowest BCUT2D eigenvalue weighted by molar-refractivity contribution is 0.199. The minimum atomic E-state index is -0.632. The fraction of sp³-hybridized carbons (Fsp3) is 0.571. The number of hydrogen-bond acceptors (Lipinski definition) is 3. The highest BCUT2D eigenvalue weighted by atomic mass is 32.2. The number of thioether (sulfide) groups is 1. The summed E-state index contributed by atoms with van der Waals surface area (Å²) in [4.78, 5) is 1.98. The number of aliphatic hydroxyl groups is 1. The second-order valence-corrected chi connectivity index (χ2v) is 5.43. The minimum Gasteiger partial charge on any atom is -0.389 e. The first-order valence-corrected chi connectivity index (χ1v) is 7.59. The van der Waals surface area contributed by atoms with Crippen molar-refractivity contribution >= 4 is 17.4 Å². The third-order valence-electron chi connectivity index (χ3n) is 3.21. The summed E-state index contributed by atoms with van der Waals surface area (Å²) >= 11 is 1.77. The Morgan fingerprint density at radius 3 is 2.56 bits per heavy atom. The molecular weight excluding hydrogens is 249 g/mol. The summed E-state index contributed by atoms with van der Waals surface area (Å²) in [6, 6.07) is 5.28. The highest BCUT2D eigenvalue weighted by Crippen LogP contribution is 2.25. The fourth-order valence-electron chi connectivity index (χ4n) is 1.96. The van der Waals surface area contributed by atoms with Crippen molar-refractivity contribution in [2.45, 2.75) is 32.4 Å². The molecule has 0 heterocycles. The molecule has 0 saturated carbocycles. The van der Waals surface area contributed by atoms with Crippen molar-refractivity contribution in [1.82, 2.24) is 0 Å². The van der Waals surface area contributed by atoms with E-state index in [1.54, 1.807) is 30.8 Å². The van der Waals surface area contributed by atoms with E-state index in [-0.39, 0.29) is 5.82 Å². The number of hydrogen-bond donors (Lipinski definition) is 1. The van der Waals surface area contributed by atoms with Crippen LogP contribution < -0.4 is 4.90 Å². The molecule has 1 rings (SSSR count). The largest absolute Gasteiger partial charge is 0.389 e. The smallest absolute Gasteiger partial charge is 0.146 e. The summed E-state index contributed by atoms with van der Waals surface area (Å²) in [5, 5.41) is 9.43. The molecule has 0 fully saturated rings. The quantitative estimate of drug-likeness (QED) is 0.857. The van der Waals surface area contributed by atoms with Gasteiger partial charge in [0.2, 0.25) is 0 Å². The van der Waals surface area contributed by atoms with E-state index in [0.717, 1.165) is 12.2 Å². The molecule has 0 spiro atoms. The van der Waals surface area contributed by atoms with Gasteiger partial charge in [0.05, 0.1) is 11.8 Å². The van der Waals surface area contributed by atoms with Crippen molar-refractivity contribution < 1.29 is 9.50 Å². The van der Waals surface area contributed by atoms with Crippen molar-refractivity contribution in [3.63, 3.8) is 0 Å². The Morgan fingerprint density at radius 1 is 1.44 bits per heavy atom. The summed E-state index contributed by atoms with van der Waals surface area (Å²) in [6.45, 7) is 3.75. The monoisotopic (exact) mass is 271 g/mol. The first kappa shape index (κ1) is 15.3. The Morgan fingerprint density at radius 2 is 2.11 bits per heavy atom. The lowest BCUT2D eigenvalue weighted by atomic mass is 10.1.